The van der Waals surface area contributed by atoms with Gasteiger partial charge in [0.25, 0.3) is 5.91 Å². The average Bonchev–Trinajstić information content (AvgIpc) is 3.14. The van der Waals surface area contributed by atoms with Gasteiger partial charge in [-0.1, -0.05) is 35.0 Å². The zero-order valence-electron chi connectivity index (χ0n) is 13.5. The van der Waals surface area contributed by atoms with Crippen LogP contribution in [-0.2, 0) is 11.3 Å². The minimum Gasteiger partial charge on any atom is -0.337 e. The topological polar surface area (TPSA) is 88.3 Å². The van der Waals surface area contributed by atoms with Crippen LogP contribution in [0.2, 0.25) is 0 Å². The molecule has 0 saturated carbocycles. The first-order valence-electron chi connectivity index (χ1n) is 7.59. The summed E-state index contributed by atoms with van der Waals surface area (Å²) in [7, 11) is 0. The first kappa shape index (κ1) is 16.5. The maximum absolute atomic E-state index is 12.3. The van der Waals surface area contributed by atoms with Gasteiger partial charge in [0.15, 0.2) is 0 Å². The predicted molar refractivity (Wildman–Crippen MR) is 90.3 cm³/mol. The summed E-state index contributed by atoms with van der Waals surface area (Å²) in [5.41, 5.74) is 1.96. The van der Waals surface area contributed by atoms with Gasteiger partial charge in [-0.05, 0) is 25.4 Å². The van der Waals surface area contributed by atoms with Gasteiger partial charge < -0.3 is 9.84 Å². The number of hydrogen-bond acceptors (Lipinski definition) is 6. The van der Waals surface area contributed by atoms with Crippen molar-refractivity contribution in [2.24, 2.45) is 0 Å². The van der Waals surface area contributed by atoms with Crippen molar-refractivity contribution in [1.82, 2.24) is 20.4 Å². The monoisotopic (exact) mass is 346 g/mol. The van der Waals surface area contributed by atoms with Gasteiger partial charge in [-0.2, -0.15) is 16.7 Å². The number of aromatic nitrogens is 2. The summed E-state index contributed by atoms with van der Waals surface area (Å²) < 4.78 is 5.19. The summed E-state index contributed by atoms with van der Waals surface area (Å²) in [5, 5.41) is 6.61. The number of urea groups is 1. The number of nitrogens with zero attached hydrogens (tertiary/aromatic N) is 3. The number of amides is 3. The number of aryl methyl sites for hydroxylation is 1. The highest BCUT2D eigenvalue weighted by Crippen LogP contribution is 2.19. The molecule has 1 saturated heterocycles. The minimum atomic E-state index is -0.468. The largest absolute Gasteiger partial charge is 0.337 e. The number of rotatable bonds is 6. The molecular weight excluding hydrogens is 328 g/mol. The van der Waals surface area contributed by atoms with Crippen LogP contribution in [0.25, 0.3) is 11.4 Å². The second-order valence-electron chi connectivity index (χ2n) is 5.59. The zero-order chi connectivity index (χ0) is 17.1. The van der Waals surface area contributed by atoms with Crippen LogP contribution in [0.1, 0.15) is 17.9 Å². The summed E-state index contributed by atoms with van der Waals surface area (Å²) in [4.78, 5) is 29.7. The second kappa shape index (κ2) is 7.04. The molecule has 3 rings (SSSR count). The lowest BCUT2D eigenvalue weighted by molar-refractivity contribution is -0.128. The normalized spacial score (nSPS) is 17.4. The highest BCUT2D eigenvalue weighted by atomic mass is 32.2. The van der Waals surface area contributed by atoms with Crippen molar-refractivity contribution in [3.8, 4) is 11.4 Å². The fourth-order valence-electron chi connectivity index (χ4n) is 2.43. The van der Waals surface area contributed by atoms with E-state index in [9.17, 15) is 9.59 Å². The van der Waals surface area contributed by atoms with Crippen LogP contribution in [0.15, 0.2) is 28.8 Å². The van der Waals surface area contributed by atoms with Gasteiger partial charge in [-0.3, -0.25) is 9.69 Å². The molecule has 1 aromatic carbocycles. The Bertz CT molecular complexity index is 744. The maximum Gasteiger partial charge on any atom is 0.325 e. The number of carbonyl (C=O) groups is 2. The van der Waals surface area contributed by atoms with Crippen LogP contribution in [0.4, 0.5) is 4.79 Å². The molecule has 8 heteroatoms. The van der Waals surface area contributed by atoms with E-state index in [2.05, 4.69) is 15.5 Å². The first-order valence-corrected chi connectivity index (χ1v) is 8.98. The van der Waals surface area contributed by atoms with Crippen molar-refractivity contribution >= 4 is 23.7 Å². The van der Waals surface area contributed by atoms with E-state index in [1.165, 1.54) is 0 Å². The summed E-state index contributed by atoms with van der Waals surface area (Å²) in [6.07, 6.45) is 2.57. The molecule has 1 aliphatic rings. The molecule has 1 atom stereocenters. The fraction of sp³-hybridized carbons (Fsp3) is 0.375. The molecule has 0 aliphatic carbocycles. The van der Waals surface area contributed by atoms with Gasteiger partial charge in [0.1, 0.15) is 12.6 Å². The number of thioether (sulfide) groups is 1. The summed E-state index contributed by atoms with van der Waals surface area (Å²) in [6.45, 7) is 1.98. The Morgan fingerprint density at radius 2 is 2.04 bits per heavy atom. The average molecular weight is 346 g/mol. The van der Waals surface area contributed by atoms with E-state index in [-0.39, 0.29) is 18.3 Å². The van der Waals surface area contributed by atoms with Crippen molar-refractivity contribution in [3.05, 3.63) is 35.7 Å². The third kappa shape index (κ3) is 3.43. The van der Waals surface area contributed by atoms with Crippen LogP contribution in [-0.4, -0.2) is 45.0 Å². The van der Waals surface area contributed by atoms with E-state index < -0.39 is 12.1 Å². The molecule has 2 aromatic rings. The Morgan fingerprint density at radius 3 is 2.75 bits per heavy atom. The molecule has 3 amide bonds. The summed E-state index contributed by atoms with van der Waals surface area (Å²) in [6, 6.07) is 6.83. The van der Waals surface area contributed by atoms with Crippen molar-refractivity contribution in [1.29, 1.82) is 0 Å². The lowest BCUT2D eigenvalue weighted by Gasteiger charge is -2.09. The number of benzene rings is 1. The Kier molecular flexibility index (Phi) is 4.84. The van der Waals surface area contributed by atoms with Crippen molar-refractivity contribution < 1.29 is 14.1 Å². The smallest absolute Gasteiger partial charge is 0.325 e. The van der Waals surface area contributed by atoms with Crippen molar-refractivity contribution in [2.45, 2.75) is 25.9 Å². The third-order valence-corrected chi connectivity index (χ3v) is 4.43. The van der Waals surface area contributed by atoms with Gasteiger partial charge in [-0.25, -0.2) is 4.79 Å². The third-order valence-electron chi connectivity index (χ3n) is 3.79. The number of hydrogen-bond donors (Lipinski definition) is 1. The fourth-order valence-corrected chi connectivity index (χ4v) is 2.90. The Hall–Kier alpha value is -2.35. The maximum atomic E-state index is 12.3. The molecule has 2 heterocycles. The Balaban J connectivity index is 1.69. The van der Waals surface area contributed by atoms with Crippen LogP contribution < -0.4 is 5.32 Å². The molecule has 1 fully saturated rings. The summed E-state index contributed by atoms with van der Waals surface area (Å²) in [5.74, 6) is 1.24. The number of carbonyl (C=O) groups excluding carboxylic acids is 2. The van der Waals surface area contributed by atoms with E-state index in [0.717, 1.165) is 21.8 Å². The van der Waals surface area contributed by atoms with Crippen LogP contribution in [0, 0.1) is 6.92 Å². The van der Waals surface area contributed by atoms with Gasteiger partial charge >= 0.3 is 6.03 Å². The van der Waals surface area contributed by atoms with Crippen LogP contribution in [0.3, 0.4) is 0 Å². The molecule has 1 unspecified atom stereocenters. The highest BCUT2D eigenvalue weighted by molar-refractivity contribution is 7.98. The molecule has 126 valence electrons. The molecule has 24 heavy (non-hydrogen) atoms. The molecule has 1 aliphatic heterocycles. The molecule has 0 radical (unpaired) electrons. The molecule has 1 N–H and O–H groups in total. The number of nitrogens with one attached hydrogen (secondary N) is 1. The van der Waals surface area contributed by atoms with E-state index in [1.54, 1.807) is 11.8 Å². The zero-order valence-corrected chi connectivity index (χ0v) is 14.3. The van der Waals surface area contributed by atoms with Gasteiger partial charge in [0.05, 0.1) is 0 Å². The Morgan fingerprint density at radius 1 is 1.29 bits per heavy atom. The molecule has 0 spiro atoms. The van der Waals surface area contributed by atoms with E-state index in [4.69, 9.17) is 4.52 Å². The van der Waals surface area contributed by atoms with Crippen molar-refractivity contribution in [3.63, 3.8) is 0 Å². The quantitative estimate of drug-likeness (QED) is 0.807. The highest BCUT2D eigenvalue weighted by Gasteiger charge is 2.38. The number of imide groups is 1. The van der Waals surface area contributed by atoms with Gasteiger partial charge in [0, 0.05) is 5.56 Å². The SMILES string of the molecule is CSCCC1NC(=O)N(Cc2nc(-c3ccc(C)cc3)no2)C1=O. The predicted octanol–water partition coefficient (Wildman–Crippen LogP) is 2.22. The second-order valence-corrected chi connectivity index (χ2v) is 6.57. The summed E-state index contributed by atoms with van der Waals surface area (Å²) >= 11 is 1.64. The lowest BCUT2D eigenvalue weighted by Crippen LogP contribution is -2.31. The van der Waals surface area contributed by atoms with Gasteiger partial charge in [-0.15, -0.1) is 0 Å². The lowest BCUT2D eigenvalue weighted by atomic mass is 10.1. The van der Waals surface area contributed by atoms with E-state index in [0.29, 0.717) is 12.2 Å². The van der Waals surface area contributed by atoms with Gasteiger partial charge in [0.2, 0.25) is 11.7 Å². The van der Waals surface area contributed by atoms with Crippen molar-refractivity contribution in [2.75, 3.05) is 12.0 Å². The molecular formula is C16H18N4O3S. The molecule has 1 aromatic heterocycles. The minimum absolute atomic E-state index is 0.0146. The first-order chi connectivity index (χ1) is 11.6. The standard InChI is InChI=1S/C16H18N4O3S/c1-10-3-5-11(6-4-10)14-18-13(23-19-14)9-20-15(21)12(7-8-24-2)17-16(20)22/h3-6,12H,7-9H2,1-2H3,(H,17,22). The van der Waals surface area contributed by atoms with E-state index in [1.807, 2.05) is 37.4 Å². The van der Waals surface area contributed by atoms with Crippen LogP contribution in [0.5, 0.6) is 0 Å². The molecule has 7 nitrogen and oxygen atoms in total. The Labute approximate surface area is 143 Å². The molecule has 0 bridgehead atoms. The van der Waals surface area contributed by atoms with E-state index >= 15 is 0 Å². The van der Waals surface area contributed by atoms with Crippen LogP contribution >= 0.6 is 11.8 Å².